The summed E-state index contributed by atoms with van der Waals surface area (Å²) in [6.45, 7) is -0.890. The summed E-state index contributed by atoms with van der Waals surface area (Å²) >= 11 is 5.31. The first kappa shape index (κ1) is 19.0. The predicted octanol–water partition coefficient (Wildman–Crippen LogP) is -3.65. The minimum Gasteiger partial charge on any atom is -0.477 e. The molecular formula is C11H18ClNO9. The van der Waals surface area contributed by atoms with Crippen molar-refractivity contribution >= 4 is 23.5 Å². The Morgan fingerprint density at radius 3 is 2.45 bits per heavy atom. The molecule has 2 unspecified atom stereocenters. The number of carbonyl (C=O) groups is 2. The molecule has 1 saturated heterocycles. The standard InChI is InChI=1S/C11H18ClNO9/c12-2-6(17)13-7-4(15)1-11(21,10(19)20)22-9(7)8(18)5(16)3-14/h4-5,7-9,14-16,18,21H,1-3H2,(H,13,17)(H,19,20)/t4-,5-,7-,8-,9?,11?/m1/s1. The number of aliphatic hydroxyl groups is 5. The van der Waals surface area contributed by atoms with Gasteiger partial charge < -0.3 is 40.7 Å². The van der Waals surface area contributed by atoms with E-state index in [1.165, 1.54) is 0 Å². The van der Waals surface area contributed by atoms with Gasteiger partial charge in [-0.15, -0.1) is 11.6 Å². The maximum Gasteiger partial charge on any atom is 0.364 e. The van der Waals surface area contributed by atoms with E-state index in [-0.39, 0.29) is 0 Å². The number of alkyl halides is 1. The Morgan fingerprint density at radius 1 is 1.41 bits per heavy atom. The van der Waals surface area contributed by atoms with Gasteiger partial charge in [0, 0.05) is 6.42 Å². The first-order valence-electron chi connectivity index (χ1n) is 6.30. The maximum absolute atomic E-state index is 11.3. The van der Waals surface area contributed by atoms with E-state index >= 15 is 0 Å². The van der Waals surface area contributed by atoms with Crippen molar-refractivity contribution in [1.82, 2.24) is 5.32 Å². The number of halogens is 1. The van der Waals surface area contributed by atoms with Crippen LogP contribution in [0.4, 0.5) is 0 Å². The Bertz CT molecular complexity index is 422. The lowest BCUT2D eigenvalue weighted by atomic mass is 9.88. The predicted molar refractivity (Wildman–Crippen MR) is 69.8 cm³/mol. The zero-order valence-corrected chi connectivity index (χ0v) is 12.0. The molecule has 1 aliphatic heterocycles. The summed E-state index contributed by atoms with van der Waals surface area (Å²) in [4.78, 5) is 22.4. The van der Waals surface area contributed by atoms with Crippen molar-refractivity contribution in [1.29, 1.82) is 0 Å². The molecular weight excluding hydrogens is 326 g/mol. The van der Waals surface area contributed by atoms with Crippen molar-refractivity contribution in [3.63, 3.8) is 0 Å². The third kappa shape index (κ3) is 4.04. The summed E-state index contributed by atoms with van der Waals surface area (Å²) in [5.74, 6) is -5.85. The Hall–Kier alpha value is -1.01. The fraction of sp³-hybridized carbons (Fsp3) is 0.818. The average molecular weight is 344 g/mol. The van der Waals surface area contributed by atoms with Crippen molar-refractivity contribution in [2.45, 2.75) is 42.7 Å². The molecule has 0 aliphatic carbocycles. The molecule has 22 heavy (non-hydrogen) atoms. The van der Waals surface area contributed by atoms with E-state index in [4.69, 9.17) is 26.6 Å². The van der Waals surface area contributed by atoms with E-state index in [9.17, 15) is 30.0 Å². The average Bonchev–Trinajstić information content (AvgIpc) is 2.47. The van der Waals surface area contributed by atoms with Gasteiger partial charge in [0.2, 0.25) is 5.91 Å². The number of ether oxygens (including phenoxy) is 1. The van der Waals surface area contributed by atoms with E-state index in [2.05, 4.69) is 5.32 Å². The van der Waals surface area contributed by atoms with Crippen LogP contribution in [0.15, 0.2) is 0 Å². The van der Waals surface area contributed by atoms with Gasteiger partial charge in [-0.1, -0.05) is 0 Å². The fourth-order valence-electron chi connectivity index (χ4n) is 2.13. The third-order valence-electron chi connectivity index (χ3n) is 3.29. The van der Waals surface area contributed by atoms with Crippen molar-refractivity contribution in [2.24, 2.45) is 0 Å². The van der Waals surface area contributed by atoms with E-state index in [1.807, 2.05) is 0 Å². The van der Waals surface area contributed by atoms with Gasteiger partial charge >= 0.3 is 5.97 Å². The second kappa shape index (κ2) is 7.51. The lowest BCUT2D eigenvalue weighted by molar-refractivity contribution is -0.295. The molecule has 128 valence electrons. The minimum atomic E-state index is -2.82. The molecule has 0 aromatic carbocycles. The second-order valence-corrected chi connectivity index (χ2v) is 5.18. The summed E-state index contributed by atoms with van der Waals surface area (Å²) < 4.78 is 4.87. The van der Waals surface area contributed by atoms with Crippen LogP contribution in [0.2, 0.25) is 0 Å². The Labute approximate surface area is 129 Å². The highest BCUT2D eigenvalue weighted by Gasteiger charge is 2.53. The lowest BCUT2D eigenvalue weighted by Gasteiger charge is -2.44. The third-order valence-corrected chi connectivity index (χ3v) is 3.53. The number of aliphatic hydroxyl groups excluding tert-OH is 4. The molecule has 0 aromatic heterocycles. The number of carbonyl (C=O) groups excluding carboxylic acids is 1. The Balaban J connectivity index is 3.07. The molecule has 7 N–H and O–H groups in total. The first-order chi connectivity index (χ1) is 10.2. The van der Waals surface area contributed by atoms with E-state index in [1.54, 1.807) is 0 Å². The molecule has 1 aliphatic rings. The van der Waals surface area contributed by atoms with Gasteiger partial charge in [0.1, 0.15) is 24.2 Å². The molecule has 0 radical (unpaired) electrons. The van der Waals surface area contributed by atoms with Gasteiger partial charge in [-0.2, -0.15) is 0 Å². The van der Waals surface area contributed by atoms with E-state index < -0.39 is 67.0 Å². The van der Waals surface area contributed by atoms with Crippen LogP contribution < -0.4 is 5.32 Å². The highest BCUT2D eigenvalue weighted by molar-refractivity contribution is 6.27. The lowest BCUT2D eigenvalue weighted by Crippen LogP contribution is -2.67. The van der Waals surface area contributed by atoms with Crippen molar-refractivity contribution in [2.75, 3.05) is 12.5 Å². The van der Waals surface area contributed by atoms with E-state index in [0.29, 0.717) is 0 Å². The molecule has 0 aromatic rings. The number of hydrogen-bond acceptors (Lipinski definition) is 8. The topological polar surface area (TPSA) is 177 Å². The summed E-state index contributed by atoms with van der Waals surface area (Å²) in [7, 11) is 0. The number of amides is 1. The van der Waals surface area contributed by atoms with Crippen LogP contribution in [-0.2, 0) is 14.3 Å². The summed E-state index contributed by atoms with van der Waals surface area (Å²) in [6.07, 6.45) is -7.71. The normalized spacial score (nSPS) is 34.7. The minimum absolute atomic E-state index is 0.474. The molecule has 6 atom stereocenters. The number of carboxylic acids is 1. The summed E-state index contributed by atoms with van der Waals surface area (Å²) in [5, 5.41) is 59.1. The molecule has 1 fully saturated rings. The van der Waals surface area contributed by atoms with E-state index in [0.717, 1.165) is 0 Å². The van der Waals surface area contributed by atoms with Crippen molar-refractivity contribution < 1.29 is 45.0 Å². The number of hydrogen-bond donors (Lipinski definition) is 7. The Morgan fingerprint density at radius 2 is 2.00 bits per heavy atom. The molecule has 1 amide bonds. The van der Waals surface area contributed by atoms with Crippen molar-refractivity contribution in [3.8, 4) is 0 Å². The molecule has 1 rings (SSSR count). The van der Waals surface area contributed by atoms with Gasteiger partial charge in [-0.3, -0.25) is 4.79 Å². The number of carboxylic acid groups (broad SMARTS) is 1. The van der Waals surface area contributed by atoms with Gasteiger partial charge in [-0.05, 0) is 0 Å². The van der Waals surface area contributed by atoms with Crippen LogP contribution in [0, 0.1) is 0 Å². The smallest absolute Gasteiger partial charge is 0.364 e. The highest BCUT2D eigenvalue weighted by atomic mass is 35.5. The van der Waals surface area contributed by atoms with Crippen LogP contribution in [0.3, 0.4) is 0 Å². The second-order valence-electron chi connectivity index (χ2n) is 4.91. The van der Waals surface area contributed by atoms with Gasteiger partial charge in [-0.25, -0.2) is 4.79 Å². The van der Waals surface area contributed by atoms with Gasteiger partial charge in [0.05, 0.1) is 18.8 Å². The monoisotopic (exact) mass is 343 g/mol. The zero-order valence-electron chi connectivity index (χ0n) is 11.3. The molecule has 10 nitrogen and oxygen atoms in total. The molecule has 0 saturated carbocycles. The van der Waals surface area contributed by atoms with Crippen LogP contribution in [0.1, 0.15) is 6.42 Å². The number of aliphatic carboxylic acids is 1. The number of nitrogens with one attached hydrogen (secondary N) is 1. The van der Waals surface area contributed by atoms with Gasteiger partial charge in [0.15, 0.2) is 0 Å². The van der Waals surface area contributed by atoms with Crippen LogP contribution in [0.5, 0.6) is 0 Å². The fourth-order valence-corrected chi connectivity index (χ4v) is 2.20. The Kier molecular flexibility index (Phi) is 6.50. The summed E-state index contributed by atoms with van der Waals surface area (Å²) in [6, 6.07) is -1.35. The molecule has 0 bridgehead atoms. The number of rotatable bonds is 6. The highest BCUT2D eigenvalue weighted by Crippen LogP contribution is 2.30. The quantitative estimate of drug-likeness (QED) is 0.239. The molecule has 0 spiro atoms. The van der Waals surface area contributed by atoms with Crippen LogP contribution in [0.25, 0.3) is 0 Å². The SMILES string of the molecule is O=C(CCl)N[C@H]1C([C@H](O)[C@H](O)CO)OC(O)(C(=O)O)C[C@H]1O. The maximum atomic E-state index is 11.3. The molecule has 1 heterocycles. The largest absolute Gasteiger partial charge is 0.477 e. The molecule has 11 heteroatoms. The zero-order chi connectivity index (χ0) is 17.1. The van der Waals surface area contributed by atoms with Crippen LogP contribution >= 0.6 is 11.6 Å². The van der Waals surface area contributed by atoms with Crippen molar-refractivity contribution in [3.05, 3.63) is 0 Å². The van der Waals surface area contributed by atoms with Crippen LogP contribution in [-0.4, -0.2) is 91.2 Å². The summed E-state index contributed by atoms with van der Waals surface area (Å²) in [5.41, 5.74) is 0. The van der Waals surface area contributed by atoms with Gasteiger partial charge in [0.25, 0.3) is 5.79 Å². The first-order valence-corrected chi connectivity index (χ1v) is 6.83.